The van der Waals surface area contributed by atoms with E-state index in [0.717, 1.165) is 17.8 Å². The van der Waals surface area contributed by atoms with Crippen LogP contribution in [0.15, 0.2) is 41.4 Å². The molecule has 1 N–H and O–H groups in total. The van der Waals surface area contributed by atoms with Crippen LogP contribution in [0.2, 0.25) is 5.02 Å². The van der Waals surface area contributed by atoms with Crippen LogP contribution in [0.25, 0.3) is 5.65 Å². The maximum atomic E-state index is 11.8. The lowest BCUT2D eigenvalue weighted by atomic mass is 10.2. The SMILES string of the molecule is O=C(CCc1ccsc1)NCc1cn2cc(Cl)ccc2n1. The van der Waals surface area contributed by atoms with Crippen molar-refractivity contribution >= 4 is 34.5 Å². The fraction of sp³-hybridized carbons (Fsp3) is 0.200. The Morgan fingerprint density at radius 1 is 1.33 bits per heavy atom. The number of aryl methyl sites for hydroxylation is 1. The molecule has 6 heteroatoms. The number of carbonyl (C=O) groups is 1. The average Bonchev–Trinajstić information content (AvgIpc) is 3.11. The van der Waals surface area contributed by atoms with Crippen LogP contribution in [0.4, 0.5) is 0 Å². The smallest absolute Gasteiger partial charge is 0.220 e. The van der Waals surface area contributed by atoms with Crippen LogP contribution in [0.1, 0.15) is 17.7 Å². The summed E-state index contributed by atoms with van der Waals surface area (Å²) in [5, 5.41) is 7.64. The molecule has 0 saturated carbocycles. The lowest BCUT2D eigenvalue weighted by Crippen LogP contribution is -2.23. The van der Waals surface area contributed by atoms with Gasteiger partial charge in [-0.25, -0.2) is 4.98 Å². The number of hydrogen-bond donors (Lipinski definition) is 1. The van der Waals surface area contributed by atoms with Gasteiger partial charge in [-0.2, -0.15) is 11.3 Å². The highest BCUT2D eigenvalue weighted by Gasteiger charge is 2.05. The van der Waals surface area contributed by atoms with Crippen molar-refractivity contribution in [3.05, 3.63) is 57.6 Å². The summed E-state index contributed by atoms with van der Waals surface area (Å²) in [5.41, 5.74) is 2.85. The molecule has 0 radical (unpaired) electrons. The molecule has 0 aromatic carbocycles. The minimum Gasteiger partial charge on any atom is -0.350 e. The summed E-state index contributed by atoms with van der Waals surface area (Å²) in [5.74, 6) is 0.0382. The van der Waals surface area contributed by atoms with Gasteiger partial charge in [-0.1, -0.05) is 11.6 Å². The Hall–Kier alpha value is -1.85. The first-order chi connectivity index (χ1) is 10.2. The van der Waals surface area contributed by atoms with Crippen molar-refractivity contribution < 1.29 is 4.79 Å². The highest BCUT2D eigenvalue weighted by Crippen LogP contribution is 2.12. The van der Waals surface area contributed by atoms with E-state index in [2.05, 4.69) is 15.7 Å². The quantitative estimate of drug-likeness (QED) is 0.784. The molecule has 108 valence electrons. The van der Waals surface area contributed by atoms with Gasteiger partial charge >= 0.3 is 0 Å². The number of amides is 1. The van der Waals surface area contributed by atoms with Gasteiger partial charge in [0.1, 0.15) is 5.65 Å². The fourth-order valence-corrected chi connectivity index (χ4v) is 2.94. The molecule has 21 heavy (non-hydrogen) atoms. The second-order valence-corrected chi connectivity index (χ2v) is 5.97. The highest BCUT2D eigenvalue weighted by molar-refractivity contribution is 7.07. The van der Waals surface area contributed by atoms with E-state index in [1.54, 1.807) is 23.6 Å². The van der Waals surface area contributed by atoms with Crippen molar-refractivity contribution in [1.29, 1.82) is 0 Å². The lowest BCUT2D eigenvalue weighted by molar-refractivity contribution is -0.121. The molecule has 0 bridgehead atoms. The van der Waals surface area contributed by atoms with Crippen molar-refractivity contribution in [1.82, 2.24) is 14.7 Å². The van der Waals surface area contributed by atoms with E-state index < -0.39 is 0 Å². The lowest BCUT2D eigenvalue weighted by Gasteiger charge is -2.02. The van der Waals surface area contributed by atoms with E-state index in [4.69, 9.17) is 11.6 Å². The number of thiophene rings is 1. The molecule has 0 unspecified atom stereocenters. The number of nitrogens with zero attached hydrogens (tertiary/aromatic N) is 2. The molecule has 3 aromatic rings. The Morgan fingerprint density at radius 3 is 3.05 bits per heavy atom. The summed E-state index contributed by atoms with van der Waals surface area (Å²) in [6.45, 7) is 0.432. The van der Waals surface area contributed by atoms with Crippen molar-refractivity contribution in [2.45, 2.75) is 19.4 Å². The van der Waals surface area contributed by atoms with E-state index in [1.807, 2.05) is 28.1 Å². The Balaban J connectivity index is 1.54. The number of aromatic nitrogens is 2. The molecule has 0 fully saturated rings. The van der Waals surface area contributed by atoms with Gasteiger partial charge in [-0.3, -0.25) is 4.79 Å². The van der Waals surface area contributed by atoms with Crippen molar-refractivity contribution in [2.75, 3.05) is 0 Å². The van der Waals surface area contributed by atoms with E-state index in [9.17, 15) is 4.79 Å². The third-order valence-corrected chi connectivity index (χ3v) is 4.11. The fourth-order valence-electron chi connectivity index (χ4n) is 2.07. The molecule has 3 rings (SSSR count). The number of pyridine rings is 1. The summed E-state index contributed by atoms with van der Waals surface area (Å²) < 4.78 is 1.86. The molecule has 0 aliphatic carbocycles. The molecule has 0 atom stereocenters. The van der Waals surface area contributed by atoms with Gasteiger partial charge in [-0.15, -0.1) is 0 Å². The molecule has 1 amide bonds. The minimum absolute atomic E-state index is 0.0382. The number of carbonyl (C=O) groups excluding carboxylic acids is 1. The molecule has 3 heterocycles. The zero-order chi connectivity index (χ0) is 14.7. The van der Waals surface area contributed by atoms with Crippen LogP contribution >= 0.6 is 22.9 Å². The zero-order valence-corrected chi connectivity index (χ0v) is 12.8. The third-order valence-electron chi connectivity index (χ3n) is 3.15. The number of halogens is 1. The second kappa shape index (κ2) is 6.28. The second-order valence-electron chi connectivity index (χ2n) is 4.75. The van der Waals surface area contributed by atoms with Gasteiger partial charge in [0.25, 0.3) is 0 Å². The number of imidazole rings is 1. The molecule has 0 aliphatic heterocycles. The average molecular weight is 320 g/mol. The Kier molecular flexibility index (Phi) is 4.22. The van der Waals surface area contributed by atoms with Gasteiger partial charge in [0.05, 0.1) is 17.3 Å². The van der Waals surface area contributed by atoms with E-state index in [0.29, 0.717) is 18.0 Å². The third kappa shape index (κ3) is 3.62. The molecule has 0 spiro atoms. The van der Waals surface area contributed by atoms with Crippen molar-refractivity contribution in [3.8, 4) is 0 Å². The van der Waals surface area contributed by atoms with E-state index in [-0.39, 0.29) is 5.91 Å². The Bertz CT molecular complexity index is 751. The van der Waals surface area contributed by atoms with Gasteiger partial charge in [0.15, 0.2) is 0 Å². The number of hydrogen-bond acceptors (Lipinski definition) is 3. The first-order valence-electron chi connectivity index (χ1n) is 6.61. The van der Waals surface area contributed by atoms with Crippen LogP contribution in [0.5, 0.6) is 0 Å². The zero-order valence-electron chi connectivity index (χ0n) is 11.3. The van der Waals surface area contributed by atoms with Gasteiger partial charge < -0.3 is 9.72 Å². The highest BCUT2D eigenvalue weighted by atomic mass is 35.5. The van der Waals surface area contributed by atoms with Crippen molar-refractivity contribution in [2.24, 2.45) is 0 Å². The van der Waals surface area contributed by atoms with Crippen LogP contribution in [-0.4, -0.2) is 15.3 Å². The Labute approximate surface area is 131 Å². The van der Waals surface area contributed by atoms with E-state index in [1.165, 1.54) is 5.56 Å². The first kappa shape index (κ1) is 14.1. The summed E-state index contributed by atoms with van der Waals surface area (Å²) in [4.78, 5) is 16.2. The van der Waals surface area contributed by atoms with Crippen LogP contribution in [0.3, 0.4) is 0 Å². The summed E-state index contributed by atoms with van der Waals surface area (Å²) in [6.07, 6.45) is 4.94. The normalized spacial score (nSPS) is 10.9. The number of rotatable bonds is 5. The molecule has 4 nitrogen and oxygen atoms in total. The monoisotopic (exact) mass is 319 g/mol. The standard InChI is InChI=1S/C15H14ClN3OS/c16-12-2-3-14-18-13(9-19(14)8-12)7-17-15(20)4-1-11-5-6-21-10-11/h2-3,5-6,8-10H,1,4,7H2,(H,17,20). The summed E-state index contributed by atoms with van der Waals surface area (Å²) in [7, 11) is 0. The maximum Gasteiger partial charge on any atom is 0.220 e. The number of nitrogens with one attached hydrogen (secondary N) is 1. The predicted octanol–water partition coefficient (Wildman–Crippen LogP) is 3.30. The molecular weight excluding hydrogens is 306 g/mol. The minimum atomic E-state index is 0.0382. The summed E-state index contributed by atoms with van der Waals surface area (Å²) in [6, 6.07) is 5.70. The van der Waals surface area contributed by atoms with Gasteiger partial charge in [-0.05, 0) is 40.9 Å². The Morgan fingerprint density at radius 2 is 2.24 bits per heavy atom. The molecule has 3 aromatic heterocycles. The molecular formula is C15H14ClN3OS. The topological polar surface area (TPSA) is 46.4 Å². The predicted molar refractivity (Wildman–Crippen MR) is 84.7 cm³/mol. The van der Waals surface area contributed by atoms with Crippen LogP contribution in [0, 0.1) is 0 Å². The van der Waals surface area contributed by atoms with Crippen LogP contribution < -0.4 is 5.32 Å². The van der Waals surface area contributed by atoms with Crippen molar-refractivity contribution in [3.63, 3.8) is 0 Å². The summed E-state index contributed by atoms with van der Waals surface area (Å²) >= 11 is 7.58. The van der Waals surface area contributed by atoms with Gasteiger partial charge in [0, 0.05) is 18.8 Å². The number of fused-ring (bicyclic) bond motifs is 1. The first-order valence-corrected chi connectivity index (χ1v) is 7.94. The van der Waals surface area contributed by atoms with E-state index >= 15 is 0 Å². The molecule has 0 saturated heterocycles. The van der Waals surface area contributed by atoms with Gasteiger partial charge in [0.2, 0.25) is 5.91 Å². The molecule has 0 aliphatic rings. The van der Waals surface area contributed by atoms with Crippen LogP contribution in [-0.2, 0) is 17.8 Å². The largest absolute Gasteiger partial charge is 0.350 e. The maximum absolute atomic E-state index is 11.8.